The van der Waals surface area contributed by atoms with Crippen molar-refractivity contribution in [3.05, 3.63) is 64.7 Å². The minimum Gasteiger partial charge on any atom is -0.481 e. The molecule has 0 bridgehead atoms. The van der Waals surface area contributed by atoms with Gasteiger partial charge in [-0.3, -0.25) is 14.4 Å². The topological polar surface area (TPSA) is 118 Å². The first kappa shape index (κ1) is 19.9. The molecular weight excluding hydrogens is 382 g/mol. The number of hydrogen-bond donors (Lipinski definition) is 2. The predicted octanol–water partition coefficient (Wildman–Crippen LogP) is 2.39. The summed E-state index contributed by atoms with van der Waals surface area (Å²) < 4.78 is 27.4. The lowest BCUT2D eigenvalue weighted by Crippen LogP contribution is -2.26. The van der Waals surface area contributed by atoms with Crippen molar-refractivity contribution in [1.82, 2.24) is 4.72 Å². The molecule has 0 saturated carbocycles. The van der Waals surface area contributed by atoms with E-state index < -0.39 is 16.0 Å². The zero-order valence-corrected chi connectivity index (χ0v) is 15.8. The van der Waals surface area contributed by atoms with Crippen molar-refractivity contribution in [3.63, 3.8) is 0 Å². The molecule has 8 heteroatoms. The second kappa shape index (κ2) is 8.04. The van der Waals surface area contributed by atoms with Crippen LogP contribution in [0.15, 0.2) is 47.4 Å². The summed E-state index contributed by atoms with van der Waals surface area (Å²) in [6, 6.07) is 10.4. The van der Waals surface area contributed by atoms with Gasteiger partial charge in [0.25, 0.3) is 0 Å². The Balaban J connectivity index is 1.75. The van der Waals surface area contributed by atoms with Gasteiger partial charge in [-0.2, -0.15) is 0 Å². The Bertz CT molecular complexity index is 1060. The molecule has 0 saturated heterocycles. The molecule has 0 heterocycles. The van der Waals surface area contributed by atoms with E-state index in [-0.39, 0.29) is 46.1 Å². The molecule has 2 aromatic carbocycles. The average Bonchev–Trinajstić information content (AvgIpc) is 2.68. The van der Waals surface area contributed by atoms with E-state index in [1.54, 1.807) is 24.3 Å². The van der Waals surface area contributed by atoms with Crippen molar-refractivity contribution in [2.75, 3.05) is 6.54 Å². The van der Waals surface area contributed by atoms with Gasteiger partial charge in [0.15, 0.2) is 11.6 Å². The quantitative estimate of drug-likeness (QED) is 0.560. The fourth-order valence-electron chi connectivity index (χ4n) is 3.11. The number of carbonyl (C=O) groups is 3. The highest BCUT2D eigenvalue weighted by Gasteiger charge is 2.30. The molecule has 1 aliphatic rings. The summed E-state index contributed by atoms with van der Waals surface area (Å²) >= 11 is 0. The van der Waals surface area contributed by atoms with Crippen LogP contribution in [0.3, 0.4) is 0 Å². The maximum absolute atomic E-state index is 12.7. The van der Waals surface area contributed by atoms with Crippen molar-refractivity contribution in [2.24, 2.45) is 0 Å². The lowest BCUT2D eigenvalue weighted by atomic mass is 9.84. The van der Waals surface area contributed by atoms with E-state index in [2.05, 4.69) is 4.72 Å². The van der Waals surface area contributed by atoms with Gasteiger partial charge in [0, 0.05) is 35.2 Å². The van der Waals surface area contributed by atoms with Crippen LogP contribution in [-0.2, 0) is 14.8 Å². The number of rotatable bonds is 8. The van der Waals surface area contributed by atoms with Gasteiger partial charge in [-0.05, 0) is 31.0 Å². The van der Waals surface area contributed by atoms with Crippen LogP contribution in [0.1, 0.15) is 57.5 Å². The highest BCUT2D eigenvalue weighted by Crippen LogP contribution is 2.28. The van der Waals surface area contributed by atoms with Crippen LogP contribution < -0.4 is 4.72 Å². The van der Waals surface area contributed by atoms with Crippen LogP contribution in [0.4, 0.5) is 0 Å². The van der Waals surface area contributed by atoms with Crippen molar-refractivity contribution < 1.29 is 27.9 Å². The van der Waals surface area contributed by atoms with E-state index in [0.717, 1.165) is 0 Å². The molecule has 0 aromatic heterocycles. The molecule has 0 radical (unpaired) electrons. The molecule has 0 unspecified atom stereocenters. The Morgan fingerprint density at radius 1 is 0.857 bits per heavy atom. The summed E-state index contributed by atoms with van der Waals surface area (Å²) in [5.74, 6) is -1.56. The first-order valence-electron chi connectivity index (χ1n) is 8.85. The summed E-state index contributed by atoms with van der Waals surface area (Å²) in [6.07, 6.45) is 1.62. The highest BCUT2D eigenvalue weighted by molar-refractivity contribution is 7.89. The maximum Gasteiger partial charge on any atom is 0.303 e. The number of ketones is 2. The van der Waals surface area contributed by atoms with Crippen molar-refractivity contribution in [2.45, 2.75) is 30.6 Å². The Kier molecular flexibility index (Phi) is 5.71. The summed E-state index contributed by atoms with van der Waals surface area (Å²) in [7, 11) is -3.85. The van der Waals surface area contributed by atoms with Crippen LogP contribution in [0.25, 0.3) is 0 Å². The number of nitrogens with one attached hydrogen (secondary N) is 1. The van der Waals surface area contributed by atoms with E-state index in [1.807, 2.05) is 0 Å². The van der Waals surface area contributed by atoms with Gasteiger partial charge < -0.3 is 5.11 Å². The van der Waals surface area contributed by atoms with E-state index in [1.165, 1.54) is 18.2 Å². The second-order valence-corrected chi connectivity index (χ2v) is 8.28. The minimum atomic E-state index is -3.85. The van der Waals surface area contributed by atoms with Crippen LogP contribution in [0.5, 0.6) is 0 Å². The first-order chi connectivity index (χ1) is 13.3. The Hall–Kier alpha value is -2.84. The average molecular weight is 401 g/mol. The van der Waals surface area contributed by atoms with E-state index in [9.17, 15) is 22.8 Å². The molecule has 146 valence electrons. The van der Waals surface area contributed by atoms with Gasteiger partial charge in [0.2, 0.25) is 10.0 Å². The van der Waals surface area contributed by atoms with Crippen LogP contribution in [0.2, 0.25) is 0 Å². The third-order valence-electron chi connectivity index (χ3n) is 4.57. The molecule has 0 aliphatic heterocycles. The molecule has 2 aromatic rings. The Morgan fingerprint density at radius 3 is 2.11 bits per heavy atom. The molecule has 0 amide bonds. The van der Waals surface area contributed by atoms with E-state index in [0.29, 0.717) is 24.8 Å². The number of carboxylic acid groups (broad SMARTS) is 1. The van der Waals surface area contributed by atoms with Gasteiger partial charge >= 0.3 is 5.97 Å². The van der Waals surface area contributed by atoms with Crippen LogP contribution >= 0.6 is 0 Å². The monoisotopic (exact) mass is 401 g/mol. The van der Waals surface area contributed by atoms with Crippen LogP contribution in [0, 0.1) is 0 Å². The number of aliphatic carboxylic acids is 1. The zero-order valence-electron chi connectivity index (χ0n) is 15.0. The van der Waals surface area contributed by atoms with Gasteiger partial charge in [0.05, 0.1) is 4.90 Å². The smallest absolute Gasteiger partial charge is 0.303 e. The third kappa shape index (κ3) is 4.02. The molecule has 28 heavy (non-hydrogen) atoms. The number of unbranched alkanes of at least 4 members (excludes halogenated alkanes) is 2. The number of benzene rings is 2. The number of hydrogen-bond acceptors (Lipinski definition) is 5. The summed E-state index contributed by atoms with van der Waals surface area (Å²) in [5, 5.41) is 8.58. The molecule has 1 aliphatic carbocycles. The molecule has 0 atom stereocenters. The van der Waals surface area contributed by atoms with E-state index in [4.69, 9.17) is 5.11 Å². The number of carboxylic acids is 1. The summed E-state index contributed by atoms with van der Waals surface area (Å²) in [4.78, 5) is 35.7. The van der Waals surface area contributed by atoms with Gasteiger partial charge in [-0.1, -0.05) is 30.7 Å². The normalized spacial score (nSPS) is 13.1. The van der Waals surface area contributed by atoms with Crippen LogP contribution in [-0.4, -0.2) is 37.6 Å². The predicted molar refractivity (Wildman–Crippen MR) is 101 cm³/mol. The zero-order chi connectivity index (χ0) is 20.3. The number of sulfonamides is 1. The standard InChI is InChI=1S/C20H19NO6S/c22-18(23)8-2-1-5-11-21-28(26,27)13-9-10-16-17(12-13)20(25)15-7-4-3-6-14(15)19(16)24/h3-4,6-7,9-10,12,21H,1-2,5,8,11H2,(H,22,23). The minimum absolute atomic E-state index is 0.0508. The SMILES string of the molecule is O=C(O)CCCCCNS(=O)(=O)c1ccc2c(c1)C(=O)c1ccccc1C2=O. The second-order valence-electron chi connectivity index (χ2n) is 6.51. The largest absolute Gasteiger partial charge is 0.481 e. The number of carbonyl (C=O) groups excluding carboxylic acids is 2. The van der Waals surface area contributed by atoms with Gasteiger partial charge in [-0.15, -0.1) is 0 Å². The van der Waals surface area contributed by atoms with Crippen molar-refractivity contribution in [1.29, 1.82) is 0 Å². The summed E-state index contributed by atoms with van der Waals surface area (Å²) in [5.41, 5.74) is 0.848. The molecule has 2 N–H and O–H groups in total. The Morgan fingerprint density at radius 2 is 1.46 bits per heavy atom. The number of fused-ring (bicyclic) bond motifs is 2. The first-order valence-corrected chi connectivity index (χ1v) is 10.3. The molecule has 3 rings (SSSR count). The molecule has 7 nitrogen and oxygen atoms in total. The fourth-order valence-corrected chi connectivity index (χ4v) is 4.21. The summed E-state index contributed by atoms with van der Waals surface area (Å²) in [6.45, 7) is 0.161. The van der Waals surface area contributed by atoms with Crippen molar-refractivity contribution in [3.8, 4) is 0 Å². The Labute approximate surface area is 162 Å². The third-order valence-corrected chi connectivity index (χ3v) is 6.03. The highest BCUT2D eigenvalue weighted by atomic mass is 32.2. The molecular formula is C20H19NO6S. The lowest BCUT2D eigenvalue weighted by molar-refractivity contribution is -0.137. The molecule has 0 fully saturated rings. The van der Waals surface area contributed by atoms with Gasteiger partial charge in [0.1, 0.15) is 0 Å². The lowest BCUT2D eigenvalue weighted by Gasteiger charge is -2.18. The maximum atomic E-state index is 12.7. The van der Waals surface area contributed by atoms with Gasteiger partial charge in [-0.25, -0.2) is 13.1 Å². The van der Waals surface area contributed by atoms with Crippen molar-refractivity contribution >= 4 is 27.6 Å². The molecule has 0 spiro atoms. The fraction of sp³-hybridized carbons (Fsp3) is 0.250. The van der Waals surface area contributed by atoms with E-state index >= 15 is 0 Å².